The number of benzene rings is 2. The Bertz CT molecular complexity index is 1020. The van der Waals surface area contributed by atoms with Crippen LogP contribution in [0.1, 0.15) is 10.4 Å². The molecule has 6 heteroatoms. The summed E-state index contributed by atoms with van der Waals surface area (Å²) in [5.41, 5.74) is 2.27. The Hall–Kier alpha value is -3.54. The van der Waals surface area contributed by atoms with Crippen molar-refractivity contribution in [1.82, 2.24) is 14.4 Å². The molecule has 0 atom stereocenters. The van der Waals surface area contributed by atoms with Crippen LogP contribution >= 0.6 is 0 Å². The SMILES string of the molecule is O=C(Nc1ccc(-c2cn3cccnc3n2)cc1)c1ccccc1F. The number of rotatable bonds is 3. The highest BCUT2D eigenvalue weighted by atomic mass is 19.1. The van der Waals surface area contributed by atoms with Gasteiger partial charge in [-0.1, -0.05) is 24.3 Å². The average molecular weight is 332 g/mol. The smallest absolute Gasteiger partial charge is 0.258 e. The topological polar surface area (TPSA) is 59.3 Å². The maximum absolute atomic E-state index is 13.7. The van der Waals surface area contributed by atoms with Crippen molar-refractivity contribution in [2.75, 3.05) is 5.32 Å². The van der Waals surface area contributed by atoms with Gasteiger partial charge in [0, 0.05) is 29.8 Å². The molecule has 0 saturated heterocycles. The number of nitrogens with zero attached hydrogens (tertiary/aromatic N) is 3. The molecule has 0 aliphatic carbocycles. The number of fused-ring (bicyclic) bond motifs is 1. The summed E-state index contributed by atoms with van der Waals surface area (Å²) in [5, 5.41) is 2.69. The van der Waals surface area contributed by atoms with Gasteiger partial charge in [0.15, 0.2) is 0 Å². The number of hydrogen-bond donors (Lipinski definition) is 1. The van der Waals surface area contributed by atoms with E-state index in [0.717, 1.165) is 11.3 Å². The molecule has 2 aromatic heterocycles. The first-order chi connectivity index (χ1) is 12.2. The van der Waals surface area contributed by atoms with Crippen molar-refractivity contribution in [3.8, 4) is 11.3 Å². The molecular weight excluding hydrogens is 319 g/mol. The molecule has 122 valence electrons. The fourth-order valence-electron chi connectivity index (χ4n) is 2.54. The van der Waals surface area contributed by atoms with Crippen LogP contribution in [0.4, 0.5) is 10.1 Å². The summed E-state index contributed by atoms with van der Waals surface area (Å²) in [6.07, 6.45) is 5.45. The molecule has 1 N–H and O–H groups in total. The predicted molar refractivity (Wildman–Crippen MR) is 92.8 cm³/mol. The van der Waals surface area contributed by atoms with Crippen molar-refractivity contribution in [2.24, 2.45) is 0 Å². The van der Waals surface area contributed by atoms with Gasteiger partial charge in [-0.25, -0.2) is 14.4 Å². The standard InChI is InChI=1S/C19H13FN4O/c20-16-5-2-1-4-15(16)18(25)22-14-8-6-13(7-9-14)17-12-24-11-3-10-21-19(24)23-17/h1-12H,(H,22,25). The minimum absolute atomic E-state index is 0.0120. The van der Waals surface area contributed by atoms with Crippen LogP contribution < -0.4 is 5.32 Å². The van der Waals surface area contributed by atoms with Gasteiger partial charge in [0.25, 0.3) is 5.91 Å². The summed E-state index contributed by atoms with van der Waals surface area (Å²) in [5.74, 6) is -0.411. The molecule has 5 nitrogen and oxygen atoms in total. The van der Waals surface area contributed by atoms with Gasteiger partial charge in [0.2, 0.25) is 5.78 Å². The summed E-state index contributed by atoms with van der Waals surface area (Å²) >= 11 is 0. The Morgan fingerprint density at radius 3 is 2.60 bits per heavy atom. The summed E-state index contributed by atoms with van der Waals surface area (Å²) in [6, 6.07) is 14.9. The monoisotopic (exact) mass is 332 g/mol. The maximum Gasteiger partial charge on any atom is 0.258 e. The lowest BCUT2D eigenvalue weighted by atomic mass is 10.1. The second-order valence-corrected chi connectivity index (χ2v) is 5.46. The number of halogens is 1. The van der Waals surface area contributed by atoms with E-state index in [-0.39, 0.29) is 5.56 Å². The first-order valence-electron chi connectivity index (χ1n) is 7.67. The van der Waals surface area contributed by atoms with Crippen molar-refractivity contribution in [3.05, 3.63) is 84.6 Å². The van der Waals surface area contributed by atoms with Crippen LogP contribution in [-0.2, 0) is 0 Å². The molecule has 4 aromatic rings. The van der Waals surface area contributed by atoms with Gasteiger partial charge in [-0.2, -0.15) is 0 Å². The molecule has 2 aromatic carbocycles. The second-order valence-electron chi connectivity index (χ2n) is 5.46. The number of aromatic nitrogens is 3. The highest BCUT2D eigenvalue weighted by Gasteiger charge is 2.11. The molecule has 25 heavy (non-hydrogen) atoms. The molecule has 0 spiro atoms. The summed E-state index contributed by atoms with van der Waals surface area (Å²) in [7, 11) is 0. The van der Waals surface area contributed by atoms with Gasteiger partial charge in [-0.15, -0.1) is 0 Å². The number of anilines is 1. The maximum atomic E-state index is 13.7. The van der Waals surface area contributed by atoms with Crippen molar-refractivity contribution in [1.29, 1.82) is 0 Å². The van der Waals surface area contributed by atoms with Gasteiger partial charge in [-0.3, -0.25) is 9.20 Å². The van der Waals surface area contributed by atoms with E-state index in [9.17, 15) is 9.18 Å². The first kappa shape index (κ1) is 15.0. The first-order valence-corrected chi connectivity index (χ1v) is 7.67. The molecule has 0 saturated carbocycles. The Kier molecular flexibility index (Phi) is 3.70. The summed E-state index contributed by atoms with van der Waals surface area (Å²) in [6.45, 7) is 0. The van der Waals surface area contributed by atoms with Gasteiger partial charge < -0.3 is 5.32 Å². The third-order valence-corrected chi connectivity index (χ3v) is 3.79. The third kappa shape index (κ3) is 2.97. The number of hydrogen-bond acceptors (Lipinski definition) is 3. The molecule has 0 aliphatic rings. The van der Waals surface area contributed by atoms with Crippen LogP contribution in [-0.4, -0.2) is 20.3 Å². The summed E-state index contributed by atoms with van der Waals surface area (Å²) in [4.78, 5) is 20.8. The van der Waals surface area contributed by atoms with Crippen LogP contribution in [0.25, 0.3) is 17.0 Å². The number of carbonyl (C=O) groups is 1. The fraction of sp³-hybridized carbons (Fsp3) is 0. The molecule has 0 fully saturated rings. The van der Waals surface area contributed by atoms with E-state index < -0.39 is 11.7 Å². The van der Waals surface area contributed by atoms with Crippen molar-refractivity contribution in [2.45, 2.75) is 0 Å². The average Bonchev–Trinajstić information content (AvgIpc) is 3.07. The molecule has 0 aliphatic heterocycles. The van der Waals surface area contributed by atoms with E-state index in [0.29, 0.717) is 11.5 Å². The van der Waals surface area contributed by atoms with Crippen molar-refractivity contribution < 1.29 is 9.18 Å². The Morgan fingerprint density at radius 2 is 1.84 bits per heavy atom. The second kappa shape index (κ2) is 6.16. The van der Waals surface area contributed by atoms with Crippen LogP contribution in [0.15, 0.2) is 73.2 Å². The third-order valence-electron chi connectivity index (χ3n) is 3.79. The van der Waals surface area contributed by atoms with Crippen LogP contribution in [0, 0.1) is 5.82 Å². The highest BCUT2D eigenvalue weighted by molar-refractivity contribution is 6.04. The number of carbonyl (C=O) groups excluding carboxylic acids is 1. The van der Waals surface area contributed by atoms with Crippen LogP contribution in [0.3, 0.4) is 0 Å². The molecule has 0 unspecified atom stereocenters. The minimum Gasteiger partial charge on any atom is -0.322 e. The van der Waals surface area contributed by atoms with E-state index in [4.69, 9.17) is 0 Å². The molecule has 0 radical (unpaired) electrons. The Labute approximate surface area is 142 Å². The lowest BCUT2D eigenvalue weighted by molar-refractivity contribution is 0.102. The van der Waals surface area contributed by atoms with Crippen LogP contribution in [0.2, 0.25) is 0 Å². The molecule has 0 bridgehead atoms. The number of nitrogens with one attached hydrogen (secondary N) is 1. The van der Waals surface area contributed by atoms with Gasteiger partial charge in [0.1, 0.15) is 5.82 Å². The van der Waals surface area contributed by atoms with E-state index >= 15 is 0 Å². The quantitative estimate of drug-likeness (QED) is 0.621. The number of imidazole rings is 1. The molecular formula is C19H13FN4O. The zero-order valence-electron chi connectivity index (χ0n) is 13.1. The van der Waals surface area contributed by atoms with E-state index in [1.165, 1.54) is 12.1 Å². The zero-order valence-corrected chi connectivity index (χ0v) is 13.1. The van der Waals surface area contributed by atoms with Gasteiger partial charge in [-0.05, 0) is 30.3 Å². The Balaban J connectivity index is 1.56. The van der Waals surface area contributed by atoms with Gasteiger partial charge >= 0.3 is 0 Å². The van der Waals surface area contributed by atoms with Crippen LogP contribution in [0.5, 0.6) is 0 Å². The predicted octanol–water partition coefficient (Wildman–Crippen LogP) is 3.79. The normalized spacial score (nSPS) is 10.8. The molecule has 2 heterocycles. The molecule has 4 rings (SSSR count). The largest absolute Gasteiger partial charge is 0.322 e. The van der Waals surface area contributed by atoms with E-state index in [2.05, 4.69) is 15.3 Å². The lowest BCUT2D eigenvalue weighted by Gasteiger charge is -2.06. The molecule has 1 amide bonds. The number of amides is 1. The lowest BCUT2D eigenvalue weighted by Crippen LogP contribution is -2.13. The fourth-order valence-corrected chi connectivity index (χ4v) is 2.54. The minimum atomic E-state index is -0.547. The Morgan fingerprint density at radius 1 is 1.04 bits per heavy atom. The highest BCUT2D eigenvalue weighted by Crippen LogP contribution is 2.21. The van der Waals surface area contributed by atoms with E-state index in [1.54, 1.807) is 30.5 Å². The van der Waals surface area contributed by atoms with Gasteiger partial charge in [0.05, 0.1) is 11.3 Å². The van der Waals surface area contributed by atoms with E-state index in [1.807, 2.05) is 35.0 Å². The summed E-state index contributed by atoms with van der Waals surface area (Å²) < 4.78 is 15.5. The van der Waals surface area contributed by atoms with Crippen molar-refractivity contribution in [3.63, 3.8) is 0 Å². The zero-order chi connectivity index (χ0) is 17.2. The van der Waals surface area contributed by atoms with Crippen molar-refractivity contribution >= 4 is 17.4 Å².